The molecule has 1 atom stereocenters. The van der Waals surface area contributed by atoms with Crippen LogP contribution >= 0.6 is 11.6 Å². The minimum Gasteiger partial charge on any atom is -0.376 e. The molecule has 1 aliphatic rings. The Hall–Kier alpha value is -2.12. The highest BCUT2D eigenvalue weighted by atomic mass is 35.5. The molecule has 2 amide bonds. The summed E-state index contributed by atoms with van der Waals surface area (Å²) in [6.45, 7) is 4.14. The summed E-state index contributed by atoms with van der Waals surface area (Å²) in [6.07, 6.45) is 6.11. The van der Waals surface area contributed by atoms with E-state index in [0.29, 0.717) is 29.5 Å². The average molecular weight is 364 g/mol. The number of aromatic nitrogens is 3. The van der Waals surface area contributed by atoms with E-state index >= 15 is 0 Å². The van der Waals surface area contributed by atoms with Gasteiger partial charge in [-0.15, -0.1) is 0 Å². The smallest absolute Gasteiger partial charge is 0.321 e. The molecule has 7 nitrogen and oxygen atoms in total. The van der Waals surface area contributed by atoms with Crippen molar-refractivity contribution in [3.05, 3.63) is 35.9 Å². The van der Waals surface area contributed by atoms with Crippen molar-refractivity contribution in [1.29, 1.82) is 0 Å². The molecule has 1 aromatic carbocycles. The highest BCUT2D eigenvalue weighted by Gasteiger charge is 2.22. The predicted molar refractivity (Wildman–Crippen MR) is 96.2 cm³/mol. The molecule has 2 aromatic rings. The van der Waals surface area contributed by atoms with E-state index in [2.05, 4.69) is 22.3 Å². The Kier molecular flexibility index (Phi) is 5.88. The highest BCUT2D eigenvalue weighted by molar-refractivity contribution is 6.32. The van der Waals surface area contributed by atoms with Crippen molar-refractivity contribution in [2.45, 2.75) is 32.3 Å². The lowest BCUT2D eigenvalue weighted by Crippen LogP contribution is -2.40. The molecule has 3 rings (SSSR count). The summed E-state index contributed by atoms with van der Waals surface area (Å²) < 4.78 is 7.23. The molecule has 1 saturated heterocycles. The van der Waals surface area contributed by atoms with Crippen molar-refractivity contribution in [2.75, 3.05) is 25.0 Å². The van der Waals surface area contributed by atoms with Crippen LogP contribution in [-0.4, -0.2) is 51.5 Å². The van der Waals surface area contributed by atoms with Crippen LogP contribution in [0.2, 0.25) is 5.02 Å². The molecule has 0 radical (unpaired) electrons. The van der Waals surface area contributed by atoms with Crippen LogP contribution in [0, 0.1) is 0 Å². The third kappa shape index (κ3) is 4.49. The second-order valence-corrected chi connectivity index (χ2v) is 6.42. The number of anilines is 1. The molecule has 25 heavy (non-hydrogen) atoms. The molecule has 8 heteroatoms. The van der Waals surface area contributed by atoms with E-state index in [1.807, 2.05) is 0 Å². The number of urea groups is 1. The summed E-state index contributed by atoms with van der Waals surface area (Å²) in [6, 6.07) is 5.18. The van der Waals surface area contributed by atoms with Gasteiger partial charge in [0.15, 0.2) is 0 Å². The van der Waals surface area contributed by atoms with E-state index in [-0.39, 0.29) is 12.1 Å². The zero-order chi connectivity index (χ0) is 17.6. The zero-order valence-corrected chi connectivity index (χ0v) is 14.9. The first-order chi connectivity index (χ1) is 12.2. The largest absolute Gasteiger partial charge is 0.376 e. The first-order valence-electron chi connectivity index (χ1n) is 8.49. The van der Waals surface area contributed by atoms with Crippen molar-refractivity contribution in [3.63, 3.8) is 0 Å². The maximum absolute atomic E-state index is 12.6. The molecule has 1 fully saturated rings. The normalized spacial score (nSPS) is 16.8. The fourth-order valence-electron chi connectivity index (χ4n) is 2.89. The average Bonchev–Trinajstić information content (AvgIpc) is 3.28. The molecular formula is C17H22ClN5O2. The predicted octanol–water partition coefficient (Wildman–Crippen LogP) is 3.34. The quantitative estimate of drug-likeness (QED) is 0.854. The van der Waals surface area contributed by atoms with Gasteiger partial charge in [0, 0.05) is 25.4 Å². The second-order valence-electron chi connectivity index (χ2n) is 6.02. The first-order valence-corrected chi connectivity index (χ1v) is 8.87. The lowest BCUT2D eigenvalue weighted by Gasteiger charge is -2.25. The van der Waals surface area contributed by atoms with E-state index in [4.69, 9.17) is 16.3 Å². The Labute approximate surface area is 151 Å². The number of nitrogens with zero attached hydrogens (tertiary/aromatic N) is 4. The maximum atomic E-state index is 12.6. The third-order valence-corrected chi connectivity index (χ3v) is 4.40. The number of hydrogen-bond acceptors (Lipinski definition) is 4. The Morgan fingerprint density at radius 3 is 3.04 bits per heavy atom. The summed E-state index contributed by atoms with van der Waals surface area (Å²) in [7, 11) is 0. The molecule has 1 aliphatic heterocycles. The van der Waals surface area contributed by atoms with Crippen molar-refractivity contribution < 1.29 is 9.53 Å². The van der Waals surface area contributed by atoms with E-state index in [1.54, 1.807) is 34.1 Å². The van der Waals surface area contributed by atoms with Crippen molar-refractivity contribution in [3.8, 4) is 5.69 Å². The summed E-state index contributed by atoms with van der Waals surface area (Å²) in [4.78, 5) is 18.3. The maximum Gasteiger partial charge on any atom is 0.321 e. The third-order valence-electron chi connectivity index (χ3n) is 4.09. The summed E-state index contributed by atoms with van der Waals surface area (Å²) in [5.41, 5.74) is 1.36. The molecule has 0 bridgehead atoms. The second kappa shape index (κ2) is 8.31. The molecule has 0 spiro atoms. The van der Waals surface area contributed by atoms with E-state index in [1.165, 1.54) is 6.33 Å². The molecule has 2 heterocycles. The number of amides is 2. The standard InChI is InChI=1S/C17H22ClN5O2/c1-2-7-22(10-14-4-3-8-25-14)17(24)21-13-5-6-16(15(18)9-13)23-12-19-11-20-23/h5-6,9,11-12,14H,2-4,7-8,10H2,1H3,(H,21,24)/t14-/m1/s1. The van der Waals surface area contributed by atoms with Gasteiger partial charge >= 0.3 is 6.03 Å². The van der Waals surface area contributed by atoms with E-state index < -0.39 is 0 Å². The van der Waals surface area contributed by atoms with Crippen molar-refractivity contribution in [2.24, 2.45) is 0 Å². The van der Waals surface area contributed by atoms with Gasteiger partial charge in [-0.25, -0.2) is 14.5 Å². The van der Waals surface area contributed by atoms with Crippen LogP contribution in [0.25, 0.3) is 5.69 Å². The van der Waals surface area contributed by atoms with E-state index in [9.17, 15) is 4.79 Å². The minimum absolute atomic E-state index is 0.135. The van der Waals surface area contributed by atoms with Crippen LogP contribution < -0.4 is 5.32 Å². The molecule has 1 N–H and O–H groups in total. The number of halogens is 1. The number of benzene rings is 1. The molecule has 1 aromatic heterocycles. The van der Waals surface area contributed by atoms with Crippen LogP contribution in [0.3, 0.4) is 0 Å². The van der Waals surface area contributed by atoms with Crippen molar-refractivity contribution >= 4 is 23.3 Å². The van der Waals surface area contributed by atoms with Crippen molar-refractivity contribution in [1.82, 2.24) is 19.7 Å². The topological polar surface area (TPSA) is 72.3 Å². The lowest BCUT2D eigenvalue weighted by molar-refractivity contribution is 0.0836. The lowest BCUT2D eigenvalue weighted by atomic mass is 10.2. The van der Waals surface area contributed by atoms with Crippen LogP contribution in [0.4, 0.5) is 10.5 Å². The van der Waals surface area contributed by atoms with Crippen LogP contribution in [0.1, 0.15) is 26.2 Å². The van der Waals surface area contributed by atoms with Gasteiger partial charge in [0.1, 0.15) is 12.7 Å². The highest BCUT2D eigenvalue weighted by Crippen LogP contribution is 2.24. The van der Waals surface area contributed by atoms with Gasteiger partial charge < -0.3 is 15.0 Å². The van der Waals surface area contributed by atoms with Gasteiger partial charge in [0.2, 0.25) is 0 Å². The van der Waals surface area contributed by atoms with Gasteiger partial charge in [-0.05, 0) is 37.5 Å². The SMILES string of the molecule is CCCN(C[C@H]1CCCO1)C(=O)Nc1ccc(-n2cncn2)c(Cl)c1. The fourth-order valence-corrected chi connectivity index (χ4v) is 3.15. The summed E-state index contributed by atoms with van der Waals surface area (Å²) in [5, 5.41) is 7.47. The monoisotopic (exact) mass is 363 g/mol. The Morgan fingerprint density at radius 1 is 1.52 bits per heavy atom. The number of carbonyl (C=O) groups is 1. The van der Waals surface area contributed by atoms with E-state index in [0.717, 1.165) is 25.9 Å². The number of ether oxygens (including phenoxy) is 1. The van der Waals surface area contributed by atoms with Crippen LogP contribution in [-0.2, 0) is 4.74 Å². The minimum atomic E-state index is -0.137. The van der Waals surface area contributed by atoms with Gasteiger partial charge in [0.05, 0.1) is 16.8 Å². The number of nitrogens with one attached hydrogen (secondary N) is 1. The summed E-state index contributed by atoms with van der Waals surface area (Å²) >= 11 is 6.31. The van der Waals surface area contributed by atoms with Gasteiger partial charge in [0.25, 0.3) is 0 Å². The Morgan fingerprint density at radius 2 is 2.40 bits per heavy atom. The molecule has 134 valence electrons. The first kappa shape index (κ1) is 17.7. The van der Waals surface area contributed by atoms with Crippen LogP contribution in [0.15, 0.2) is 30.9 Å². The van der Waals surface area contributed by atoms with Gasteiger partial charge in [-0.3, -0.25) is 0 Å². The zero-order valence-electron chi connectivity index (χ0n) is 14.2. The molecule has 0 saturated carbocycles. The molecule has 0 aliphatic carbocycles. The number of rotatable bonds is 6. The van der Waals surface area contributed by atoms with Gasteiger partial charge in [-0.1, -0.05) is 18.5 Å². The van der Waals surface area contributed by atoms with Crippen LogP contribution in [0.5, 0.6) is 0 Å². The summed E-state index contributed by atoms with van der Waals surface area (Å²) in [5.74, 6) is 0. The number of carbonyl (C=O) groups excluding carboxylic acids is 1. The Balaban J connectivity index is 1.67. The molecular weight excluding hydrogens is 342 g/mol. The fraction of sp³-hybridized carbons (Fsp3) is 0.471. The van der Waals surface area contributed by atoms with Gasteiger partial charge in [-0.2, -0.15) is 5.10 Å². The Bertz CT molecular complexity index is 701. The number of hydrogen-bond donors (Lipinski definition) is 1. The molecule has 0 unspecified atom stereocenters.